The van der Waals surface area contributed by atoms with Crippen LogP contribution in [0.4, 0.5) is 0 Å². The number of thiocarbonyl (C=S) groups is 1. The van der Waals surface area contributed by atoms with Crippen molar-refractivity contribution in [3.63, 3.8) is 0 Å². The Morgan fingerprint density at radius 2 is 2.00 bits per heavy atom. The lowest BCUT2D eigenvalue weighted by Crippen LogP contribution is -2.17. The van der Waals surface area contributed by atoms with Crippen LogP contribution in [0.2, 0.25) is 0 Å². The first-order valence-electron chi connectivity index (χ1n) is 8.44. The van der Waals surface area contributed by atoms with Crippen molar-refractivity contribution in [1.82, 2.24) is 10.3 Å². The highest BCUT2D eigenvalue weighted by Crippen LogP contribution is 2.29. The molecule has 0 bridgehead atoms. The first kappa shape index (κ1) is 19.1. The van der Waals surface area contributed by atoms with E-state index in [9.17, 15) is 4.79 Å². The van der Waals surface area contributed by atoms with Crippen LogP contribution >= 0.6 is 24.0 Å². The third-order valence-electron chi connectivity index (χ3n) is 4.08. The number of nitrogens with zero attached hydrogens (tertiary/aromatic N) is 1. The molecule has 0 aliphatic carbocycles. The largest absolute Gasteiger partial charge is 0.493 e. The summed E-state index contributed by atoms with van der Waals surface area (Å²) in [6.07, 6.45) is 4.99. The van der Waals surface area contributed by atoms with Crippen LogP contribution in [-0.4, -0.2) is 29.4 Å². The molecule has 1 aliphatic heterocycles. The molecular formula is C21H14N2O4S2. The van der Waals surface area contributed by atoms with Crippen molar-refractivity contribution >= 4 is 51.3 Å². The standard InChI is InChI=1S/C21H14N2O4S2/c1-25-16-6-4-12(7-17(16)26-2)3-5-13-10-22-11-14-8-15(27-19(13)14)9-18-20(24)23-21(28)29-18/h4,6-11H,1-2H3,(H,23,24,28)/b18-9-. The molecule has 0 saturated carbocycles. The molecule has 3 aromatic rings. The zero-order valence-electron chi connectivity index (χ0n) is 15.4. The number of fused-ring (bicyclic) bond motifs is 1. The highest BCUT2D eigenvalue weighted by molar-refractivity contribution is 8.26. The summed E-state index contributed by atoms with van der Waals surface area (Å²) >= 11 is 6.21. The Bertz CT molecular complexity index is 1230. The monoisotopic (exact) mass is 422 g/mol. The highest BCUT2D eigenvalue weighted by Gasteiger charge is 2.22. The van der Waals surface area contributed by atoms with Crippen LogP contribution in [0.3, 0.4) is 0 Å². The Morgan fingerprint density at radius 1 is 1.17 bits per heavy atom. The van der Waals surface area contributed by atoms with Crippen molar-refractivity contribution in [3.8, 4) is 23.3 Å². The lowest BCUT2D eigenvalue weighted by atomic mass is 10.1. The number of furan rings is 1. The quantitative estimate of drug-likeness (QED) is 0.392. The van der Waals surface area contributed by atoms with Crippen LogP contribution in [0.25, 0.3) is 17.0 Å². The number of pyridine rings is 1. The van der Waals surface area contributed by atoms with Gasteiger partial charge in [-0.2, -0.15) is 0 Å². The van der Waals surface area contributed by atoms with Crippen LogP contribution in [0.1, 0.15) is 16.9 Å². The summed E-state index contributed by atoms with van der Waals surface area (Å²) in [4.78, 5) is 16.6. The van der Waals surface area contributed by atoms with Gasteiger partial charge in [0.15, 0.2) is 17.1 Å². The fourth-order valence-corrected chi connectivity index (χ4v) is 3.77. The number of carbonyl (C=O) groups excluding carboxylic acids is 1. The molecule has 1 amide bonds. The zero-order chi connectivity index (χ0) is 20.4. The molecule has 1 N–H and O–H groups in total. The first-order chi connectivity index (χ1) is 14.1. The van der Waals surface area contributed by atoms with Crippen molar-refractivity contribution in [2.45, 2.75) is 0 Å². The summed E-state index contributed by atoms with van der Waals surface area (Å²) in [5, 5.41) is 3.37. The second-order valence-corrected chi connectivity index (χ2v) is 7.65. The summed E-state index contributed by atoms with van der Waals surface area (Å²) in [7, 11) is 3.16. The van der Waals surface area contributed by atoms with E-state index in [1.807, 2.05) is 12.1 Å². The maximum absolute atomic E-state index is 11.8. The third-order valence-corrected chi connectivity index (χ3v) is 5.24. The Hall–Kier alpha value is -3.28. The van der Waals surface area contributed by atoms with Gasteiger partial charge in [0.05, 0.1) is 24.7 Å². The number of aromatic nitrogens is 1. The topological polar surface area (TPSA) is 73.6 Å². The van der Waals surface area contributed by atoms with E-state index in [0.717, 1.165) is 10.9 Å². The molecule has 144 valence electrons. The second-order valence-electron chi connectivity index (χ2n) is 5.93. The molecular weight excluding hydrogens is 408 g/mol. The van der Waals surface area contributed by atoms with E-state index < -0.39 is 0 Å². The molecule has 0 radical (unpaired) electrons. The number of benzene rings is 1. The number of nitrogens with one attached hydrogen (secondary N) is 1. The summed E-state index contributed by atoms with van der Waals surface area (Å²) in [6.45, 7) is 0. The van der Waals surface area contributed by atoms with Gasteiger partial charge in [0, 0.05) is 29.4 Å². The molecule has 1 aliphatic rings. The molecule has 1 aromatic carbocycles. The summed E-state index contributed by atoms with van der Waals surface area (Å²) in [5.41, 5.74) is 2.01. The van der Waals surface area contributed by atoms with Gasteiger partial charge in [-0.25, -0.2) is 0 Å². The van der Waals surface area contributed by atoms with Gasteiger partial charge in [-0.3, -0.25) is 9.78 Å². The lowest BCUT2D eigenvalue weighted by Gasteiger charge is -2.06. The van der Waals surface area contributed by atoms with Crippen molar-refractivity contribution in [1.29, 1.82) is 0 Å². The van der Waals surface area contributed by atoms with E-state index in [4.69, 9.17) is 26.1 Å². The first-order valence-corrected chi connectivity index (χ1v) is 9.66. The minimum atomic E-state index is -0.230. The van der Waals surface area contributed by atoms with Gasteiger partial charge in [0.1, 0.15) is 10.1 Å². The molecule has 1 saturated heterocycles. The van der Waals surface area contributed by atoms with Gasteiger partial charge in [0.25, 0.3) is 5.91 Å². The fourth-order valence-electron chi connectivity index (χ4n) is 2.75. The maximum Gasteiger partial charge on any atom is 0.263 e. The number of hydrogen-bond acceptors (Lipinski definition) is 7. The Labute approximate surface area is 176 Å². The third kappa shape index (κ3) is 3.97. The molecule has 4 rings (SSSR count). The van der Waals surface area contributed by atoms with E-state index in [-0.39, 0.29) is 5.91 Å². The summed E-state index contributed by atoms with van der Waals surface area (Å²) in [5.74, 6) is 7.72. The Morgan fingerprint density at radius 3 is 2.72 bits per heavy atom. The van der Waals surface area contributed by atoms with Crippen LogP contribution in [-0.2, 0) is 4.79 Å². The van der Waals surface area contributed by atoms with E-state index >= 15 is 0 Å². The smallest absolute Gasteiger partial charge is 0.263 e. The molecule has 0 atom stereocenters. The molecule has 0 spiro atoms. The predicted octanol–water partition coefficient (Wildman–Crippen LogP) is 3.73. The van der Waals surface area contributed by atoms with Gasteiger partial charge in [-0.05, 0) is 24.3 Å². The van der Waals surface area contributed by atoms with Crippen LogP contribution in [0, 0.1) is 11.8 Å². The normalized spacial score (nSPS) is 14.6. The molecule has 2 aromatic heterocycles. The molecule has 1 fully saturated rings. The number of ether oxygens (including phenoxy) is 2. The van der Waals surface area contributed by atoms with Gasteiger partial charge in [-0.15, -0.1) is 0 Å². The average molecular weight is 422 g/mol. The number of amides is 1. The van der Waals surface area contributed by atoms with Crippen molar-refractivity contribution in [3.05, 3.63) is 58.5 Å². The van der Waals surface area contributed by atoms with Gasteiger partial charge in [0.2, 0.25) is 0 Å². The number of hydrogen-bond donors (Lipinski definition) is 1. The van der Waals surface area contributed by atoms with Gasteiger partial charge in [-0.1, -0.05) is 35.8 Å². The van der Waals surface area contributed by atoms with Crippen molar-refractivity contribution in [2.24, 2.45) is 0 Å². The van der Waals surface area contributed by atoms with Crippen molar-refractivity contribution < 1.29 is 18.7 Å². The number of thioether (sulfide) groups is 1. The summed E-state index contributed by atoms with van der Waals surface area (Å²) in [6, 6.07) is 7.26. The number of rotatable bonds is 3. The average Bonchev–Trinajstić information content (AvgIpc) is 3.28. The van der Waals surface area contributed by atoms with Crippen LogP contribution in [0.15, 0.2) is 46.0 Å². The highest BCUT2D eigenvalue weighted by atomic mass is 32.2. The van der Waals surface area contributed by atoms with E-state index in [1.165, 1.54) is 11.8 Å². The van der Waals surface area contributed by atoms with Crippen molar-refractivity contribution in [2.75, 3.05) is 14.2 Å². The van der Waals surface area contributed by atoms with E-state index in [2.05, 4.69) is 22.1 Å². The zero-order valence-corrected chi connectivity index (χ0v) is 17.1. The molecule has 29 heavy (non-hydrogen) atoms. The van der Waals surface area contributed by atoms with Crippen LogP contribution < -0.4 is 14.8 Å². The summed E-state index contributed by atoms with van der Waals surface area (Å²) < 4.78 is 16.9. The predicted molar refractivity (Wildman–Crippen MR) is 116 cm³/mol. The lowest BCUT2D eigenvalue weighted by molar-refractivity contribution is -0.115. The Kier molecular flexibility index (Phi) is 5.25. The molecule has 3 heterocycles. The number of carbonyl (C=O) groups is 1. The van der Waals surface area contributed by atoms with E-state index in [1.54, 1.807) is 44.8 Å². The fraction of sp³-hybridized carbons (Fsp3) is 0.0952. The van der Waals surface area contributed by atoms with E-state index in [0.29, 0.717) is 37.6 Å². The Balaban J connectivity index is 1.69. The van der Waals surface area contributed by atoms with Gasteiger partial charge >= 0.3 is 0 Å². The molecule has 8 heteroatoms. The second kappa shape index (κ2) is 7.99. The SMILES string of the molecule is COc1ccc(C#Cc2cncc3cc(/C=C4\SC(=S)NC4=O)oc23)cc1OC. The molecule has 0 unspecified atom stereocenters. The minimum Gasteiger partial charge on any atom is -0.493 e. The maximum atomic E-state index is 11.8. The molecule has 6 nitrogen and oxygen atoms in total. The minimum absolute atomic E-state index is 0.230. The number of methoxy groups -OCH3 is 2. The van der Waals surface area contributed by atoms with Gasteiger partial charge < -0.3 is 19.2 Å². The van der Waals surface area contributed by atoms with Crippen LogP contribution in [0.5, 0.6) is 11.5 Å².